The van der Waals surface area contributed by atoms with Crippen molar-refractivity contribution in [3.05, 3.63) is 85.1 Å². The zero-order chi connectivity index (χ0) is 45.8. The lowest BCUT2D eigenvalue weighted by Gasteiger charge is -2.18. The lowest BCUT2D eigenvalue weighted by Crippen LogP contribution is -2.30. The number of hydrogen-bond donors (Lipinski definition) is 0. The maximum absolute atomic E-state index is 12.8. The first-order chi connectivity index (χ1) is 31.0. The second-order valence-corrected chi connectivity index (χ2v) is 17.1. The monoisotopic (exact) mass is 877 g/mol. The summed E-state index contributed by atoms with van der Waals surface area (Å²) in [5.74, 6) is -0.959. The first-order valence-electron chi connectivity index (χ1n) is 26.1. The zero-order valence-electron chi connectivity index (χ0n) is 41.1. The van der Waals surface area contributed by atoms with E-state index < -0.39 is 6.10 Å². The molecule has 0 aromatic rings. The highest BCUT2D eigenvalue weighted by Gasteiger charge is 2.19. The lowest BCUT2D eigenvalue weighted by atomic mass is 10.1. The van der Waals surface area contributed by atoms with E-state index >= 15 is 0 Å². The van der Waals surface area contributed by atoms with Gasteiger partial charge in [-0.1, -0.05) is 196 Å². The number of hydrogen-bond acceptors (Lipinski definition) is 6. The molecule has 0 saturated carbocycles. The van der Waals surface area contributed by atoms with E-state index in [9.17, 15) is 14.4 Å². The Morgan fingerprint density at radius 3 is 1.13 bits per heavy atom. The fourth-order valence-electron chi connectivity index (χ4n) is 6.95. The molecular weight excluding hydrogens is 781 g/mol. The average Bonchev–Trinajstić information content (AvgIpc) is 3.28. The van der Waals surface area contributed by atoms with Gasteiger partial charge in [0.2, 0.25) is 0 Å². The van der Waals surface area contributed by atoms with Crippen LogP contribution in [0.3, 0.4) is 0 Å². The molecular formula is C57H96O6. The van der Waals surface area contributed by atoms with Crippen LogP contribution < -0.4 is 0 Å². The van der Waals surface area contributed by atoms with Gasteiger partial charge in [-0.2, -0.15) is 0 Å². The van der Waals surface area contributed by atoms with Crippen molar-refractivity contribution in [2.45, 2.75) is 245 Å². The molecule has 0 heterocycles. The standard InChI is InChI=1S/C57H96O6/c1-4-7-10-13-16-19-22-25-28-30-32-35-38-41-44-47-50-56(59)62-53-54(52-61-55(58)49-46-43-40-37-34-31-27-24-21-18-15-12-9-6-3)63-57(60)51-48-45-42-39-36-33-29-26-23-20-17-14-11-8-5-2/h7,10,16-17,19-20,23,25-26,28,31-32,34-35,54H,4-6,8-9,11-15,18,21-22,24,27,29-30,33,36-53H2,1-3H3/b10-7-,19-16-,20-17-,26-23-,28-25-,34-31-,35-32-. The van der Waals surface area contributed by atoms with Gasteiger partial charge in [0.05, 0.1) is 0 Å². The minimum atomic E-state index is -0.802. The molecule has 0 bridgehead atoms. The van der Waals surface area contributed by atoms with Gasteiger partial charge >= 0.3 is 17.9 Å². The quantitative estimate of drug-likeness (QED) is 0.0199. The van der Waals surface area contributed by atoms with E-state index in [1.807, 2.05) is 0 Å². The van der Waals surface area contributed by atoms with Crippen molar-refractivity contribution in [1.82, 2.24) is 0 Å². The van der Waals surface area contributed by atoms with Crippen molar-refractivity contribution in [2.75, 3.05) is 13.2 Å². The minimum absolute atomic E-state index is 0.100. The predicted molar refractivity (Wildman–Crippen MR) is 270 cm³/mol. The van der Waals surface area contributed by atoms with Crippen molar-refractivity contribution in [3.63, 3.8) is 0 Å². The normalized spacial score (nSPS) is 12.7. The van der Waals surface area contributed by atoms with Crippen molar-refractivity contribution in [2.24, 2.45) is 0 Å². The van der Waals surface area contributed by atoms with Crippen LogP contribution in [0.15, 0.2) is 85.1 Å². The third-order valence-corrected chi connectivity index (χ3v) is 10.9. The summed E-state index contributed by atoms with van der Waals surface area (Å²) in [4.78, 5) is 38.0. The maximum Gasteiger partial charge on any atom is 0.306 e. The molecule has 6 heteroatoms. The van der Waals surface area contributed by atoms with Crippen LogP contribution in [0.5, 0.6) is 0 Å². The summed E-state index contributed by atoms with van der Waals surface area (Å²) in [5, 5.41) is 0. The third-order valence-electron chi connectivity index (χ3n) is 10.9. The van der Waals surface area contributed by atoms with Crippen LogP contribution in [0.4, 0.5) is 0 Å². The highest BCUT2D eigenvalue weighted by molar-refractivity contribution is 5.71. The Morgan fingerprint density at radius 1 is 0.349 bits per heavy atom. The lowest BCUT2D eigenvalue weighted by molar-refractivity contribution is -0.167. The number of allylic oxidation sites excluding steroid dienone is 14. The van der Waals surface area contributed by atoms with Gasteiger partial charge in [0, 0.05) is 19.3 Å². The summed E-state index contributed by atoms with van der Waals surface area (Å²) < 4.78 is 16.8. The summed E-state index contributed by atoms with van der Waals surface area (Å²) in [7, 11) is 0. The number of unbranched alkanes of at least 4 members (excludes halogenated alkanes) is 22. The van der Waals surface area contributed by atoms with Gasteiger partial charge in [-0.05, 0) is 109 Å². The largest absolute Gasteiger partial charge is 0.462 e. The van der Waals surface area contributed by atoms with E-state index in [0.29, 0.717) is 19.3 Å². The summed E-state index contributed by atoms with van der Waals surface area (Å²) in [6.07, 6.45) is 65.6. The summed E-state index contributed by atoms with van der Waals surface area (Å²) in [5.41, 5.74) is 0. The summed E-state index contributed by atoms with van der Waals surface area (Å²) >= 11 is 0. The molecule has 0 amide bonds. The van der Waals surface area contributed by atoms with Crippen LogP contribution in [-0.2, 0) is 28.6 Å². The number of carbonyl (C=O) groups excluding carboxylic acids is 3. The Morgan fingerprint density at radius 2 is 0.667 bits per heavy atom. The SMILES string of the molecule is CC/C=C\C/C=C\C/C=C\C/C=C\CCCCCC(=O)OCC(COC(=O)CCCCC/C=C\CCCCCCCCC)OC(=O)CCCCCCCC/C=C\C=C/CCCCC. The van der Waals surface area contributed by atoms with Crippen molar-refractivity contribution in [3.8, 4) is 0 Å². The Labute approximate surface area is 388 Å². The minimum Gasteiger partial charge on any atom is -0.462 e. The zero-order valence-corrected chi connectivity index (χ0v) is 41.1. The van der Waals surface area contributed by atoms with Crippen molar-refractivity contribution < 1.29 is 28.6 Å². The third kappa shape index (κ3) is 49.5. The van der Waals surface area contributed by atoms with Crippen molar-refractivity contribution >= 4 is 17.9 Å². The Bertz CT molecular complexity index is 1240. The molecule has 6 nitrogen and oxygen atoms in total. The van der Waals surface area contributed by atoms with Gasteiger partial charge in [-0.15, -0.1) is 0 Å². The molecule has 0 aliphatic carbocycles. The van der Waals surface area contributed by atoms with E-state index in [0.717, 1.165) is 116 Å². The second kappa shape index (κ2) is 51.2. The topological polar surface area (TPSA) is 78.9 Å². The molecule has 0 saturated heterocycles. The van der Waals surface area contributed by atoms with E-state index in [1.54, 1.807) is 0 Å². The van der Waals surface area contributed by atoms with E-state index in [2.05, 4.69) is 106 Å². The van der Waals surface area contributed by atoms with Gasteiger partial charge in [0.15, 0.2) is 6.10 Å². The molecule has 63 heavy (non-hydrogen) atoms. The van der Waals surface area contributed by atoms with Crippen LogP contribution in [0.2, 0.25) is 0 Å². The fraction of sp³-hybridized carbons (Fsp3) is 0.702. The maximum atomic E-state index is 12.8. The first-order valence-corrected chi connectivity index (χ1v) is 26.1. The number of ether oxygens (including phenoxy) is 3. The molecule has 0 N–H and O–H groups in total. The molecule has 0 fully saturated rings. The van der Waals surface area contributed by atoms with Crippen LogP contribution in [0.1, 0.15) is 239 Å². The summed E-state index contributed by atoms with van der Waals surface area (Å²) in [6.45, 7) is 6.44. The van der Waals surface area contributed by atoms with E-state index in [1.165, 1.54) is 83.5 Å². The molecule has 360 valence electrons. The van der Waals surface area contributed by atoms with Gasteiger partial charge in [0.25, 0.3) is 0 Å². The molecule has 0 aliphatic rings. The smallest absolute Gasteiger partial charge is 0.306 e. The highest BCUT2D eigenvalue weighted by Crippen LogP contribution is 2.13. The van der Waals surface area contributed by atoms with Crippen molar-refractivity contribution in [1.29, 1.82) is 0 Å². The predicted octanol–water partition coefficient (Wildman–Crippen LogP) is 17.2. The average molecular weight is 877 g/mol. The van der Waals surface area contributed by atoms with Gasteiger partial charge in [-0.25, -0.2) is 0 Å². The Balaban J connectivity index is 4.49. The molecule has 0 rings (SSSR count). The molecule has 1 unspecified atom stereocenters. The molecule has 0 radical (unpaired) electrons. The number of rotatable bonds is 46. The number of esters is 3. The molecule has 1 atom stereocenters. The molecule has 0 aliphatic heterocycles. The molecule has 0 aromatic heterocycles. The van der Waals surface area contributed by atoms with E-state index in [-0.39, 0.29) is 31.1 Å². The van der Waals surface area contributed by atoms with Gasteiger partial charge in [-0.3, -0.25) is 14.4 Å². The Kier molecular flexibility index (Phi) is 48.5. The van der Waals surface area contributed by atoms with Crippen LogP contribution in [0.25, 0.3) is 0 Å². The summed E-state index contributed by atoms with van der Waals surface area (Å²) in [6, 6.07) is 0. The molecule has 0 spiro atoms. The van der Waals surface area contributed by atoms with Crippen LogP contribution >= 0.6 is 0 Å². The van der Waals surface area contributed by atoms with Crippen LogP contribution in [-0.4, -0.2) is 37.2 Å². The van der Waals surface area contributed by atoms with E-state index in [4.69, 9.17) is 14.2 Å². The second-order valence-electron chi connectivity index (χ2n) is 17.1. The van der Waals surface area contributed by atoms with Crippen LogP contribution in [0, 0.1) is 0 Å². The highest BCUT2D eigenvalue weighted by atomic mass is 16.6. The van der Waals surface area contributed by atoms with Gasteiger partial charge in [0.1, 0.15) is 13.2 Å². The molecule has 0 aromatic carbocycles. The van der Waals surface area contributed by atoms with Gasteiger partial charge < -0.3 is 14.2 Å². The number of carbonyl (C=O) groups is 3. The Hall–Kier alpha value is -3.41. The first kappa shape index (κ1) is 59.6. The fourth-order valence-corrected chi connectivity index (χ4v) is 6.95.